The predicted octanol–water partition coefficient (Wildman–Crippen LogP) is 3.53. The van der Waals surface area contributed by atoms with Crippen LogP contribution in [-0.4, -0.2) is 41.1 Å². The molecule has 2 amide bonds. The number of aromatic nitrogens is 2. The van der Waals surface area contributed by atoms with E-state index in [1.54, 1.807) is 6.92 Å². The summed E-state index contributed by atoms with van der Waals surface area (Å²) in [6.45, 7) is 0.381. The van der Waals surface area contributed by atoms with Crippen molar-refractivity contribution in [3.8, 4) is 11.3 Å². The molecule has 2 aromatic carbocycles. The third-order valence-electron chi connectivity index (χ3n) is 4.96. The maximum absolute atomic E-state index is 13.3. The summed E-state index contributed by atoms with van der Waals surface area (Å²) in [5.74, 6) is -5.02. The van der Waals surface area contributed by atoms with Gasteiger partial charge >= 0.3 is 5.97 Å². The second-order valence-corrected chi connectivity index (χ2v) is 7.54. The van der Waals surface area contributed by atoms with Crippen LogP contribution in [0.5, 0.6) is 0 Å². The van der Waals surface area contributed by atoms with Crippen molar-refractivity contribution in [3.63, 3.8) is 0 Å². The fourth-order valence-electron chi connectivity index (χ4n) is 3.24. The minimum Gasteiger partial charge on any atom is -0.452 e. The number of anilines is 1. The SMILES string of the molecule is Cc1noc2nc(-c3ccc(F)cc3)cc(C(=O)OCC(=O)NCC(=O)Nc3ccc(F)c(F)c3)c12. The van der Waals surface area contributed by atoms with Crippen LogP contribution in [0.2, 0.25) is 0 Å². The molecule has 2 N–H and O–H groups in total. The molecule has 2 aromatic heterocycles. The molecule has 9 nitrogen and oxygen atoms in total. The second-order valence-electron chi connectivity index (χ2n) is 7.54. The van der Waals surface area contributed by atoms with E-state index in [-0.39, 0.29) is 22.4 Å². The molecule has 0 radical (unpaired) electrons. The van der Waals surface area contributed by atoms with Gasteiger partial charge in [0.15, 0.2) is 18.2 Å². The molecule has 12 heteroatoms. The molecular formula is C24H17F3N4O5. The maximum Gasteiger partial charge on any atom is 0.339 e. The van der Waals surface area contributed by atoms with Crippen molar-refractivity contribution in [2.75, 3.05) is 18.5 Å². The molecular weight excluding hydrogens is 481 g/mol. The molecule has 0 aliphatic carbocycles. The lowest BCUT2D eigenvalue weighted by molar-refractivity contribution is -0.126. The Morgan fingerprint density at radius 2 is 1.72 bits per heavy atom. The fraction of sp³-hybridized carbons (Fsp3) is 0.125. The van der Waals surface area contributed by atoms with Gasteiger partial charge < -0.3 is 19.9 Å². The van der Waals surface area contributed by atoms with Crippen molar-refractivity contribution in [1.29, 1.82) is 0 Å². The van der Waals surface area contributed by atoms with Crippen molar-refractivity contribution >= 4 is 34.6 Å². The average Bonchev–Trinajstić information content (AvgIpc) is 3.24. The van der Waals surface area contributed by atoms with E-state index in [0.717, 1.165) is 18.2 Å². The number of aryl methyl sites for hydroxylation is 1. The molecule has 0 atom stereocenters. The smallest absolute Gasteiger partial charge is 0.339 e. The van der Waals surface area contributed by atoms with Gasteiger partial charge in [-0.05, 0) is 49.4 Å². The van der Waals surface area contributed by atoms with E-state index in [1.165, 1.54) is 30.3 Å². The Morgan fingerprint density at radius 3 is 2.44 bits per heavy atom. The zero-order chi connectivity index (χ0) is 25.8. The number of carbonyl (C=O) groups excluding carboxylic acids is 3. The van der Waals surface area contributed by atoms with Gasteiger partial charge in [0, 0.05) is 17.3 Å². The number of pyridine rings is 1. The van der Waals surface area contributed by atoms with Gasteiger partial charge in [-0.15, -0.1) is 0 Å². The van der Waals surface area contributed by atoms with Gasteiger partial charge in [0.1, 0.15) is 5.82 Å². The van der Waals surface area contributed by atoms with E-state index < -0.39 is 48.4 Å². The van der Waals surface area contributed by atoms with Gasteiger partial charge in [0.2, 0.25) is 5.91 Å². The van der Waals surface area contributed by atoms with Crippen LogP contribution in [0.3, 0.4) is 0 Å². The third kappa shape index (κ3) is 5.49. The predicted molar refractivity (Wildman–Crippen MR) is 120 cm³/mol. The highest BCUT2D eigenvalue weighted by Crippen LogP contribution is 2.27. The van der Waals surface area contributed by atoms with Crippen LogP contribution in [0, 0.1) is 24.4 Å². The zero-order valence-electron chi connectivity index (χ0n) is 18.6. The molecule has 0 bridgehead atoms. The highest BCUT2D eigenvalue weighted by Gasteiger charge is 2.21. The van der Waals surface area contributed by atoms with Crippen molar-refractivity contribution in [3.05, 3.63) is 77.2 Å². The van der Waals surface area contributed by atoms with E-state index in [1.807, 2.05) is 0 Å². The number of esters is 1. The standard InChI is InChI=1S/C24H17F3N4O5/c1-12-22-16(9-19(30-23(22)36-31-12)13-2-4-14(25)5-3-13)24(34)35-11-21(33)28-10-20(32)29-15-6-7-17(26)18(27)8-15/h2-9H,10-11H2,1H3,(H,28,33)(H,29,32). The van der Waals surface area contributed by atoms with Crippen LogP contribution < -0.4 is 10.6 Å². The lowest BCUT2D eigenvalue weighted by atomic mass is 10.1. The van der Waals surface area contributed by atoms with Crippen LogP contribution in [0.4, 0.5) is 18.9 Å². The highest BCUT2D eigenvalue weighted by atomic mass is 19.2. The van der Waals surface area contributed by atoms with Gasteiger partial charge in [-0.2, -0.15) is 0 Å². The Balaban J connectivity index is 1.39. The summed E-state index contributed by atoms with van der Waals surface area (Å²) in [5, 5.41) is 8.63. The minimum absolute atomic E-state index is 0.00216. The van der Waals surface area contributed by atoms with Crippen molar-refractivity contribution < 1.29 is 36.8 Å². The van der Waals surface area contributed by atoms with Gasteiger partial charge in [-0.1, -0.05) is 5.16 Å². The van der Waals surface area contributed by atoms with Crippen molar-refractivity contribution in [2.24, 2.45) is 0 Å². The molecule has 0 fully saturated rings. The summed E-state index contributed by atoms with van der Waals surface area (Å²) < 4.78 is 49.7. The Hall–Kier alpha value is -4.74. The molecule has 0 unspecified atom stereocenters. The number of rotatable bonds is 7. The topological polar surface area (TPSA) is 123 Å². The highest BCUT2D eigenvalue weighted by molar-refractivity contribution is 6.05. The molecule has 4 aromatic rings. The summed E-state index contributed by atoms with van der Waals surface area (Å²) in [4.78, 5) is 41.1. The molecule has 2 heterocycles. The quantitative estimate of drug-likeness (QED) is 0.374. The largest absolute Gasteiger partial charge is 0.452 e. The summed E-state index contributed by atoms with van der Waals surface area (Å²) in [5.41, 5.74) is 1.26. The molecule has 36 heavy (non-hydrogen) atoms. The average molecular weight is 498 g/mol. The van der Waals surface area contributed by atoms with E-state index in [0.29, 0.717) is 17.0 Å². The second kappa shape index (κ2) is 10.3. The molecule has 0 saturated heterocycles. The van der Waals surface area contributed by atoms with E-state index >= 15 is 0 Å². The molecule has 0 aliphatic rings. The fourth-order valence-corrected chi connectivity index (χ4v) is 3.24. The third-order valence-corrected chi connectivity index (χ3v) is 4.96. The van der Waals surface area contributed by atoms with Gasteiger partial charge in [-0.25, -0.2) is 22.9 Å². The maximum atomic E-state index is 13.3. The van der Waals surface area contributed by atoms with Crippen LogP contribution in [0.15, 0.2) is 53.1 Å². The number of carbonyl (C=O) groups is 3. The van der Waals surface area contributed by atoms with Crippen molar-refractivity contribution in [1.82, 2.24) is 15.5 Å². The summed E-state index contributed by atoms with van der Waals surface area (Å²) >= 11 is 0. The summed E-state index contributed by atoms with van der Waals surface area (Å²) in [6, 6.07) is 9.62. The lowest BCUT2D eigenvalue weighted by Gasteiger charge is -2.09. The van der Waals surface area contributed by atoms with Gasteiger partial charge in [-0.3, -0.25) is 9.59 Å². The molecule has 0 aliphatic heterocycles. The first-order valence-corrected chi connectivity index (χ1v) is 10.4. The van der Waals surface area contributed by atoms with E-state index in [2.05, 4.69) is 20.8 Å². The lowest BCUT2D eigenvalue weighted by Crippen LogP contribution is -2.35. The van der Waals surface area contributed by atoms with Gasteiger partial charge in [0.05, 0.1) is 28.9 Å². The van der Waals surface area contributed by atoms with Crippen LogP contribution in [0.25, 0.3) is 22.4 Å². The van der Waals surface area contributed by atoms with E-state index in [9.17, 15) is 27.6 Å². The molecule has 0 spiro atoms. The Labute approximate surface area is 201 Å². The summed E-state index contributed by atoms with van der Waals surface area (Å²) in [7, 11) is 0. The normalized spacial score (nSPS) is 10.8. The number of fused-ring (bicyclic) bond motifs is 1. The number of ether oxygens (including phenoxy) is 1. The number of nitrogens with one attached hydrogen (secondary N) is 2. The van der Waals surface area contributed by atoms with Crippen LogP contribution in [0.1, 0.15) is 16.1 Å². The monoisotopic (exact) mass is 498 g/mol. The minimum atomic E-state index is -1.14. The molecule has 0 saturated carbocycles. The van der Waals surface area contributed by atoms with Crippen molar-refractivity contribution in [2.45, 2.75) is 6.92 Å². The first-order valence-electron chi connectivity index (χ1n) is 10.4. The summed E-state index contributed by atoms with van der Waals surface area (Å²) in [6.07, 6.45) is 0. The number of hydrogen-bond donors (Lipinski definition) is 2. The Kier molecular flexibility index (Phi) is 6.95. The number of hydrogen-bond acceptors (Lipinski definition) is 7. The number of halogens is 3. The molecule has 184 valence electrons. The Morgan fingerprint density at radius 1 is 0.972 bits per heavy atom. The van der Waals surface area contributed by atoms with Crippen LogP contribution >= 0.6 is 0 Å². The number of nitrogens with zero attached hydrogens (tertiary/aromatic N) is 2. The van der Waals surface area contributed by atoms with Gasteiger partial charge in [0.25, 0.3) is 11.6 Å². The first kappa shape index (κ1) is 24.4. The number of amides is 2. The molecule has 4 rings (SSSR count). The Bertz CT molecular complexity index is 1470. The zero-order valence-corrected chi connectivity index (χ0v) is 18.6. The first-order chi connectivity index (χ1) is 17.2. The van der Waals surface area contributed by atoms with Crippen LogP contribution in [-0.2, 0) is 14.3 Å². The van der Waals surface area contributed by atoms with E-state index in [4.69, 9.17) is 9.26 Å². The number of benzene rings is 2.